The van der Waals surface area contributed by atoms with Crippen molar-refractivity contribution in [2.24, 2.45) is 5.92 Å². The molecule has 3 heterocycles. The van der Waals surface area contributed by atoms with Gasteiger partial charge in [-0.2, -0.15) is 5.10 Å². The van der Waals surface area contributed by atoms with Gasteiger partial charge in [0, 0.05) is 32.0 Å². The molecule has 25 heavy (non-hydrogen) atoms. The third kappa shape index (κ3) is 3.04. The zero-order valence-electron chi connectivity index (χ0n) is 13.9. The number of rotatable bonds is 5. The molecule has 0 atom stereocenters. The van der Waals surface area contributed by atoms with Crippen LogP contribution in [0.25, 0.3) is 0 Å². The van der Waals surface area contributed by atoms with Crippen molar-refractivity contribution in [3.63, 3.8) is 0 Å². The molecule has 0 radical (unpaired) electrons. The third-order valence-electron chi connectivity index (χ3n) is 5.14. The summed E-state index contributed by atoms with van der Waals surface area (Å²) in [6.07, 6.45) is 9.53. The van der Waals surface area contributed by atoms with Crippen LogP contribution in [0.15, 0.2) is 35.5 Å². The van der Waals surface area contributed by atoms with Crippen molar-refractivity contribution >= 4 is 11.8 Å². The topological polar surface area (TPSA) is 93.3 Å². The van der Waals surface area contributed by atoms with E-state index in [0.717, 1.165) is 6.54 Å². The number of oxazole rings is 1. The van der Waals surface area contributed by atoms with Crippen molar-refractivity contribution in [2.45, 2.75) is 31.2 Å². The van der Waals surface area contributed by atoms with E-state index in [1.165, 1.54) is 25.5 Å². The molecular weight excluding hydrogens is 322 g/mol. The van der Waals surface area contributed by atoms with E-state index >= 15 is 0 Å². The number of carbonyl (C=O) groups is 2. The van der Waals surface area contributed by atoms with Gasteiger partial charge in [0.25, 0.3) is 5.91 Å². The van der Waals surface area contributed by atoms with E-state index in [9.17, 15) is 9.59 Å². The Hall–Kier alpha value is -2.64. The Morgan fingerprint density at radius 1 is 1.32 bits per heavy atom. The van der Waals surface area contributed by atoms with Crippen molar-refractivity contribution in [2.75, 3.05) is 19.6 Å². The molecule has 8 nitrogen and oxygen atoms in total. The second kappa shape index (κ2) is 6.34. The van der Waals surface area contributed by atoms with Crippen molar-refractivity contribution in [1.82, 2.24) is 25.0 Å². The number of amides is 2. The summed E-state index contributed by atoms with van der Waals surface area (Å²) in [6, 6.07) is 1.82. The minimum atomic E-state index is -0.737. The second-order valence-electron chi connectivity index (χ2n) is 6.80. The number of hydrogen-bond donors (Lipinski definition) is 1. The molecule has 0 aromatic carbocycles. The summed E-state index contributed by atoms with van der Waals surface area (Å²) in [5, 5.41) is 7.41. The number of carbonyl (C=O) groups excluding carboxylic acids is 2. The highest BCUT2D eigenvalue weighted by Gasteiger charge is 2.45. The molecule has 0 spiro atoms. The van der Waals surface area contributed by atoms with Crippen LogP contribution in [-0.4, -0.2) is 51.1 Å². The van der Waals surface area contributed by atoms with Crippen LogP contribution in [-0.2, 0) is 10.3 Å². The SMILES string of the molecule is O=C(c1cocn1)N1CCC(C(=O)NCC2CC2)(n2cccn2)CC1. The average molecular weight is 343 g/mol. The Labute approximate surface area is 145 Å². The van der Waals surface area contributed by atoms with Gasteiger partial charge >= 0.3 is 0 Å². The number of nitrogens with zero attached hydrogens (tertiary/aromatic N) is 4. The first-order valence-corrected chi connectivity index (χ1v) is 8.65. The average Bonchev–Trinajstić information content (AvgIpc) is 3.09. The maximum Gasteiger partial charge on any atom is 0.275 e. The molecule has 2 aliphatic rings. The fourth-order valence-corrected chi connectivity index (χ4v) is 3.37. The fourth-order valence-electron chi connectivity index (χ4n) is 3.37. The summed E-state index contributed by atoms with van der Waals surface area (Å²) in [6.45, 7) is 1.67. The lowest BCUT2D eigenvalue weighted by atomic mass is 9.86. The van der Waals surface area contributed by atoms with Gasteiger partial charge < -0.3 is 14.6 Å². The van der Waals surface area contributed by atoms with Crippen LogP contribution in [0.5, 0.6) is 0 Å². The maximum atomic E-state index is 13.0. The summed E-state index contributed by atoms with van der Waals surface area (Å²) in [4.78, 5) is 31.0. The van der Waals surface area contributed by atoms with E-state index in [4.69, 9.17) is 4.42 Å². The largest absolute Gasteiger partial charge is 0.451 e. The van der Waals surface area contributed by atoms with E-state index in [0.29, 0.717) is 37.5 Å². The number of likely N-dealkylation sites (tertiary alicyclic amines) is 1. The third-order valence-corrected chi connectivity index (χ3v) is 5.14. The second-order valence-corrected chi connectivity index (χ2v) is 6.80. The Bertz CT molecular complexity index is 728. The Morgan fingerprint density at radius 2 is 2.12 bits per heavy atom. The normalized spacial score (nSPS) is 19.6. The number of aromatic nitrogens is 3. The smallest absolute Gasteiger partial charge is 0.275 e. The predicted octanol–water partition coefficient (Wildman–Crippen LogP) is 1.03. The summed E-state index contributed by atoms with van der Waals surface area (Å²) in [5.41, 5.74) is -0.441. The summed E-state index contributed by atoms with van der Waals surface area (Å²) in [5.74, 6) is 0.449. The fraction of sp³-hybridized carbons (Fsp3) is 0.529. The first kappa shape index (κ1) is 15.9. The van der Waals surface area contributed by atoms with Crippen molar-refractivity contribution in [3.8, 4) is 0 Å². The molecule has 8 heteroatoms. The summed E-state index contributed by atoms with van der Waals surface area (Å²) in [7, 11) is 0. The van der Waals surface area contributed by atoms with Crippen molar-refractivity contribution < 1.29 is 14.0 Å². The van der Waals surface area contributed by atoms with Gasteiger partial charge in [-0.1, -0.05) is 0 Å². The predicted molar refractivity (Wildman–Crippen MR) is 87.6 cm³/mol. The van der Waals surface area contributed by atoms with E-state index in [1.54, 1.807) is 15.8 Å². The molecule has 2 aromatic heterocycles. The van der Waals surface area contributed by atoms with Gasteiger partial charge in [-0.05, 0) is 37.7 Å². The van der Waals surface area contributed by atoms with Crippen LogP contribution in [0.2, 0.25) is 0 Å². The molecule has 1 aliphatic carbocycles. The monoisotopic (exact) mass is 343 g/mol. The molecule has 2 aromatic rings. The standard InChI is InChI=1S/C17H21N5O3/c23-15(14-11-25-12-19-14)21-8-4-17(5-9-21,22-7-1-6-20-22)16(24)18-10-13-2-3-13/h1,6-7,11-13H,2-5,8-10H2,(H,18,24). The van der Waals surface area contributed by atoms with Crippen LogP contribution in [0, 0.1) is 5.92 Å². The van der Waals surface area contributed by atoms with Crippen LogP contribution >= 0.6 is 0 Å². The molecule has 0 bridgehead atoms. The van der Waals surface area contributed by atoms with Crippen molar-refractivity contribution in [1.29, 1.82) is 0 Å². The molecule has 1 saturated heterocycles. The highest BCUT2D eigenvalue weighted by Crippen LogP contribution is 2.32. The lowest BCUT2D eigenvalue weighted by Crippen LogP contribution is -2.56. The van der Waals surface area contributed by atoms with Gasteiger partial charge in [-0.25, -0.2) is 4.98 Å². The zero-order chi connectivity index (χ0) is 17.3. The minimum absolute atomic E-state index is 0.00312. The minimum Gasteiger partial charge on any atom is -0.451 e. The molecule has 132 valence electrons. The number of piperidine rings is 1. The molecule has 4 rings (SSSR count). The Balaban J connectivity index is 1.49. The lowest BCUT2D eigenvalue weighted by Gasteiger charge is -2.40. The number of nitrogens with one attached hydrogen (secondary N) is 1. The van der Waals surface area contributed by atoms with E-state index in [2.05, 4.69) is 15.4 Å². The molecular formula is C17H21N5O3. The van der Waals surface area contributed by atoms with E-state index in [1.807, 2.05) is 12.3 Å². The first-order chi connectivity index (χ1) is 12.2. The van der Waals surface area contributed by atoms with Gasteiger partial charge in [-0.3, -0.25) is 14.3 Å². The van der Waals surface area contributed by atoms with E-state index < -0.39 is 5.54 Å². The van der Waals surface area contributed by atoms with Crippen molar-refractivity contribution in [3.05, 3.63) is 36.8 Å². The number of hydrogen-bond acceptors (Lipinski definition) is 5. The zero-order valence-corrected chi connectivity index (χ0v) is 13.9. The maximum absolute atomic E-state index is 13.0. The molecule has 1 N–H and O–H groups in total. The van der Waals surface area contributed by atoms with Gasteiger partial charge in [0.15, 0.2) is 12.1 Å². The quantitative estimate of drug-likeness (QED) is 0.875. The van der Waals surface area contributed by atoms with E-state index in [-0.39, 0.29) is 11.8 Å². The molecule has 0 unspecified atom stereocenters. The Kier molecular flexibility index (Phi) is 4.03. The van der Waals surface area contributed by atoms with Crippen LogP contribution < -0.4 is 5.32 Å². The van der Waals surface area contributed by atoms with Gasteiger partial charge in [0.1, 0.15) is 11.8 Å². The molecule has 1 saturated carbocycles. The highest BCUT2D eigenvalue weighted by molar-refractivity contribution is 5.92. The molecule has 2 amide bonds. The Morgan fingerprint density at radius 3 is 2.72 bits per heavy atom. The summed E-state index contributed by atoms with van der Waals surface area (Å²) < 4.78 is 6.63. The van der Waals surface area contributed by atoms with Gasteiger partial charge in [0.05, 0.1) is 0 Å². The summed E-state index contributed by atoms with van der Waals surface area (Å²) >= 11 is 0. The van der Waals surface area contributed by atoms with Crippen LogP contribution in [0.4, 0.5) is 0 Å². The highest BCUT2D eigenvalue weighted by atomic mass is 16.3. The molecule has 2 fully saturated rings. The van der Waals surface area contributed by atoms with Crippen LogP contribution in [0.3, 0.4) is 0 Å². The van der Waals surface area contributed by atoms with Gasteiger partial charge in [0.2, 0.25) is 5.91 Å². The van der Waals surface area contributed by atoms with Crippen LogP contribution in [0.1, 0.15) is 36.2 Å². The molecule has 1 aliphatic heterocycles. The lowest BCUT2D eigenvalue weighted by molar-refractivity contribution is -0.133. The first-order valence-electron chi connectivity index (χ1n) is 8.65. The van der Waals surface area contributed by atoms with Gasteiger partial charge in [-0.15, -0.1) is 0 Å².